The lowest BCUT2D eigenvalue weighted by Crippen LogP contribution is -2.32. The maximum absolute atomic E-state index is 13.8. The molecule has 39 heavy (non-hydrogen) atoms. The summed E-state index contributed by atoms with van der Waals surface area (Å²) in [5.41, 5.74) is 5.41. The Morgan fingerprint density at radius 3 is 2.64 bits per heavy atom. The standard InChI is InChI=1S/C31H30ClN3O4/c1-4-31(38)13-28(36)39-17-23-24(31)11-27-29-22(16-35(27)30(23)37)21(15-34(3)14-19-8-6-5-7-9-19)20-10-18(2)25(32)12-26(20)33-29/h5-12,38H,4,13-17H2,1-3H3. The van der Waals surface area contributed by atoms with Crippen molar-refractivity contribution >= 4 is 28.5 Å². The molecule has 1 atom stereocenters. The summed E-state index contributed by atoms with van der Waals surface area (Å²) in [6.07, 6.45) is 0.0855. The maximum Gasteiger partial charge on any atom is 0.309 e. The van der Waals surface area contributed by atoms with Crippen molar-refractivity contribution in [1.82, 2.24) is 14.5 Å². The highest BCUT2D eigenvalue weighted by molar-refractivity contribution is 6.32. The molecule has 0 radical (unpaired) electrons. The van der Waals surface area contributed by atoms with E-state index in [4.69, 9.17) is 21.3 Å². The van der Waals surface area contributed by atoms with E-state index in [1.165, 1.54) is 5.56 Å². The Balaban J connectivity index is 1.54. The number of fused-ring (bicyclic) bond motifs is 5. The number of hydrogen-bond donors (Lipinski definition) is 1. The Morgan fingerprint density at radius 2 is 1.90 bits per heavy atom. The molecule has 200 valence electrons. The van der Waals surface area contributed by atoms with Crippen LogP contribution < -0.4 is 5.56 Å². The Hall–Kier alpha value is -3.52. The number of aromatic nitrogens is 2. The molecule has 1 unspecified atom stereocenters. The molecule has 0 amide bonds. The summed E-state index contributed by atoms with van der Waals surface area (Å²) in [7, 11) is 2.08. The van der Waals surface area contributed by atoms with Gasteiger partial charge < -0.3 is 14.4 Å². The number of aryl methyl sites for hydroxylation is 1. The van der Waals surface area contributed by atoms with Crippen molar-refractivity contribution < 1.29 is 14.6 Å². The normalized spacial score (nSPS) is 18.1. The minimum absolute atomic E-state index is 0.150. The van der Waals surface area contributed by atoms with Crippen LogP contribution in [-0.4, -0.2) is 32.6 Å². The van der Waals surface area contributed by atoms with E-state index in [9.17, 15) is 14.7 Å². The van der Waals surface area contributed by atoms with Crippen molar-refractivity contribution in [2.75, 3.05) is 7.05 Å². The molecule has 0 saturated heterocycles. The van der Waals surface area contributed by atoms with E-state index in [2.05, 4.69) is 30.1 Å². The fourth-order valence-corrected chi connectivity index (χ4v) is 6.05. The molecule has 6 rings (SSSR count). The fraction of sp³-hybridized carbons (Fsp3) is 0.323. The van der Waals surface area contributed by atoms with Gasteiger partial charge in [0.05, 0.1) is 35.4 Å². The van der Waals surface area contributed by atoms with Crippen molar-refractivity contribution in [3.05, 3.63) is 97.3 Å². The van der Waals surface area contributed by atoms with Crippen molar-refractivity contribution in [1.29, 1.82) is 0 Å². The lowest BCUT2D eigenvalue weighted by molar-refractivity contribution is -0.149. The van der Waals surface area contributed by atoms with Crippen LogP contribution in [-0.2, 0) is 41.4 Å². The first kappa shape index (κ1) is 25.7. The number of hydrogen-bond acceptors (Lipinski definition) is 6. The van der Waals surface area contributed by atoms with E-state index in [1.807, 2.05) is 37.3 Å². The molecule has 1 N–H and O–H groups in total. The second-order valence-corrected chi connectivity index (χ2v) is 11.1. The molecule has 2 aromatic heterocycles. The lowest BCUT2D eigenvalue weighted by Gasteiger charge is -2.26. The Morgan fingerprint density at radius 1 is 1.13 bits per heavy atom. The zero-order chi connectivity index (χ0) is 27.5. The number of cyclic esters (lactones) is 1. The lowest BCUT2D eigenvalue weighted by atomic mass is 9.85. The zero-order valence-corrected chi connectivity index (χ0v) is 23.0. The highest BCUT2D eigenvalue weighted by Gasteiger charge is 2.39. The summed E-state index contributed by atoms with van der Waals surface area (Å²) in [6.45, 7) is 5.41. The summed E-state index contributed by atoms with van der Waals surface area (Å²) in [5.74, 6) is -0.515. The van der Waals surface area contributed by atoms with Crippen LogP contribution in [0, 0.1) is 6.92 Å². The molecule has 8 heteroatoms. The predicted octanol–water partition coefficient (Wildman–Crippen LogP) is 5.06. The average molecular weight is 544 g/mol. The number of pyridine rings is 2. The number of rotatable bonds is 5. The number of halogens is 1. The van der Waals surface area contributed by atoms with Gasteiger partial charge in [-0.2, -0.15) is 0 Å². The third-order valence-electron chi connectivity index (χ3n) is 8.07. The van der Waals surface area contributed by atoms with Crippen LogP contribution >= 0.6 is 11.6 Å². The van der Waals surface area contributed by atoms with Crippen molar-refractivity contribution in [3.8, 4) is 11.4 Å². The van der Waals surface area contributed by atoms with Crippen LogP contribution in [0.2, 0.25) is 5.02 Å². The van der Waals surface area contributed by atoms with Gasteiger partial charge in [-0.05, 0) is 60.8 Å². The SMILES string of the molecule is CCC1(O)CC(=O)OCc2c1cc1n(c2=O)Cc2c-1nc1cc(Cl)c(C)cc1c2CN(C)Cc1ccccc1. The van der Waals surface area contributed by atoms with E-state index in [0.29, 0.717) is 40.6 Å². The van der Waals surface area contributed by atoms with Gasteiger partial charge in [0.15, 0.2) is 0 Å². The maximum atomic E-state index is 13.8. The molecule has 2 aliphatic heterocycles. The van der Waals surface area contributed by atoms with Crippen molar-refractivity contribution in [2.24, 2.45) is 0 Å². The van der Waals surface area contributed by atoms with Gasteiger partial charge in [0.1, 0.15) is 12.2 Å². The van der Waals surface area contributed by atoms with E-state index >= 15 is 0 Å². The summed E-state index contributed by atoms with van der Waals surface area (Å²) < 4.78 is 7.01. The van der Waals surface area contributed by atoms with E-state index in [-0.39, 0.29) is 25.0 Å². The quantitative estimate of drug-likeness (QED) is 0.312. The minimum Gasteiger partial charge on any atom is -0.460 e. The summed E-state index contributed by atoms with van der Waals surface area (Å²) in [5, 5.41) is 13.1. The molecule has 0 fully saturated rings. The molecule has 4 aromatic rings. The molecule has 0 saturated carbocycles. The molecule has 2 aliphatic rings. The number of aliphatic hydroxyl groups is 1. The van der Waals surface area contributed by atoms with Crippen LogP contribution in [0.25, 0.3) is 22.3 Å². The summed E-state index contributed by atoms with van der Waals surface area (Å²) in [4.78, 5) is 33.3. The van der Waals surface area contributed by atoms with Gasteiger partial charge in [-0.1, -0.05) is 48.9 Å². The first-order valence-electron chi connectivity index (χ1n) is 13.2. The number of carbonyl (C=O) groups excluding carboxylic acids is 1. The third kappa shape index (κ3) is 4.35. The Bertz CT molecular complexity index is 1700. The van der Waals surface area contributed by atoms with Gasteiger partial charge >= 0.3 is 5.97 Å². The van der Waals surface area contributed by atoms with Crippen molar-refractivity contribution in [2.45, 2.75) is 58.5 Å². The Labute approximate surface area is 231 Å². The summed E-state index contributed by atoms with van der Waals surface area (Å²) in [6, 6.07) is 16.1. The Kier molecular flexibility index (Phi) is 6.33. The predicted molar refractivity (Wildman–Crippen MR) is 151 cm³/mol. The number of carbonyl (C=O) groups is 1. The molecular weight excluding hydrogens is 514 g/mol. The first-order valence-corrected chi connectivity index (χ1v) is 13.6. The fourth-order valence-electron chi connectivity index (χ4n) is 5.89. The largest absolute Gasteiger partial charge is 0.460 e. The van der Waals surface area contributed by atoms with Crippen molar-refractivity contribution in [3.63, 3.8) is 0 Å². The smallest absolute Gasteiger partial charge is 0.309 e. The number of benzene rings is 2. The topological polar surface area (TPSA) is 84.7 Å². The van der Waals surface area contributed by atoms with Gasteiger partial charge in [-0.25, -0.2) is 4.98 Å². The van der Waals surface area contributed by atoms with Gasteiger partial charge in [-0.15, -0.1) is 0 Å². The number of esters is 1. The number of nitrogens with zero attached hydrogens (tertiary/aromatic N) is 3. The van der Waals surface area contributed by atoms with Gasteiger partial charge in [-0.3, -0.25) is 14.5 Å². The molecule has 2 aromatic carbocycles. The first-order chi connectivity index (χ1) is 18.7. The highest BCUT2D eigenvalue weighted by atomic mass is 35.5. The average Bonchev–Trinajstić information content (AvgIpc) is 3.21. The highest BCUT2D eigenvalue weighted by Crippen LogP contribution is 2.41. The van der Waals surface area contributed by atoms with E-state index in [0.717, 1.165) is 34.1 Å². The molecule has 7 nitrogen and oxygen atoms in total. The van der Waals surface area contributed by atoms with Gasteiger partial charge in [0, 0.05) is 29.1 Å². The zero-order valence-electron chi connectivity index (χ0n) is 22.3. The molecule has 4 heterocycles. The molecular formula is C31H30ClN3O4. The number of ether oxygens (including phenoxy) is 1. The van der Waals surface area contributed by atoms with Crippen LogP contribution in [0.5, 0.6) is 0 Å². The van der Waals surface area contributed by atoms with Crippen LogP contribution in [0.1, 0.15) is 53.1 Å². The van der Waals surface area contributed by atoms with Crippen LogP contribution in [0.4, 0.5) is 0 Å². The second-order valence-electron chi connectivity index (χ2n) is 10.7. The van der Waals surface area contributed by atoms with Crippen LogP contribution in [0.15, 0.2) is 53.3 Å². The summed E-state index contributed by atoms with van der Waals surface area (Å²) >= 11 is 6.53. The monoisotopic (exact) mass is 543 g/mol. The van der Waals surface area contributed by atoms with Gasteiger partial charge in [0.2, 0.25) is 0 Å². The van der Waals surface area contributed by atoms with E-state index < -0.39 is 11.6 Å². The molecule has 0 bridgehead atoms. The second kappa shape index (κ2) is 9.59. The molecule has 0 aliphatic carbocycles. The van der Waals surface area contributed by atoms with Crippen LogP contribution in [0.3, 0.4) is 0 Å². The molecule has 0 spiro atoms. The van der Waals surface area contributed by atoms with E-state index in [1.54, 1.807) is 11.5 Å². The van der Waals surface area contributed by atoms with Gasteiger partial charge in [0.25, 0.3) is 5.56 Å². The third-order valence-corrected chi connectivity index (χ3v) is 8.47. The minimum atomic E-state index is -1.48.